The molecular weight excluding hydrogens is 249 g/mol. The van der Waals surface area contributed by atoms with Crippen LogP contribution in [0.1, 0.15) is 11.3 Å². The predicted octanol–water partition coefficient (Wildman–Crippen LogP) is 2.73. The van der Waals surface area contributed by atoms with Crippen LogP contribution in [0.3, 0.4) is 0 Å². The summed E-state index contributed by atoms with van der Waals surface area (Å²) in [4.78, 5) is 3.31. The second-order valence-electron chi connectivity index (χ2n) is 2.13. The number of alkyl halides is 3. The highest BCUT2D eigenvalue weighted by Gasteiger charge is 2.36. The summed E-state index contributed by atoms with van der Waals surface area (Å²) >= 11 is 2.71. The molecule has 0 spiro atoms. The molecule has 0 saturated heterocycles. The van der Waals surface area contributed by atoms with Gasteiger partial charge in [0.15, 0.2) is 5.69 Å². The molecule has 0 aliphatic carbocycles. The fourth-order valence-corrected chi connectivity index (χ4v) is 1.32. The molecular formula is C7H2BrF3N2. The van der Waals surface area contributed by atoms with Crippen molar-refractivity contribution in [1.29, 1.82) is 5.26 Å². The molecule has 0 atom stereocenters. The van der Waals surface area contributed by atoms with Gasteiger partial charge < -0.3 is 0 Å². The number of hydrogen-bond donors (Lipinski definition) is 0. The lowest BCUT2D eigenvalue weighted by Gasteiger charge is -2.08. The number of nitrogens with zero attached hydrogens (tertiary/aromatic N) is 2. The van der Waals surface area contributed by atoms with Gasteiger partial charge in [-0.05, 0) is 6.07 Å². The second kappa shape index (κ2) is 3.34. The molecule has 0 aromatic carbocycles. The van der Waals surface area contributed by atoms with Crippen molar-refractivity contribution in [2.75, 3.05) is 0 Å². The van der Waals surface area contributed by atoms with E-state index in [0.29, 0.717) is 0 Å². The lowest BCUT2D eigenvalue weighted by atomic mass is 10.2. The molecule has 0 unspecified atom stereocenters. The minimum absolute atomic E-state index is 0.174. The van der Waals surface area contributed by atoms with Crippen LogP contribution >= 0.6 is 15.9 Å². The van der Waals surface area contributed by atoms with E-state index in [1.54, 1.807) is 0 Å². The third kappa shape index (κ3) is 1.98. The Morgan fingerprint density at radius 3 is 2.46 bits per heavy atom. The third-order valence-corrected chi connectivity index (χ3v) is 1.95. The van der Waals surface area contributed by atoms with Crippen molar-refractivity contribution >= 4 is 15.9 Å². The highest BCUT2D eigenvalue weighted by molar-refractivity contribution is 9.10. The monoisotopic (exact) mass is 250 g/mol. The number of aromatic nitrogens is 1. The smallest absolute Gasteiger partial charge is 0.245 e. The topological polar surface area (TPSA) is 36.7 Å². The molecule has 0 N–H and O–H groups in total. The van der Waals surface area contributed by atoms with Crippen LogP contribution in [-0.4, -0.2) is 4.98 Å². The van der Waals surface area contributed by atoms with Gasteiger partial charge in [-0.25, -0.2) is 4.98 Å². The first kappa shape index (κ1) is 9.99. The predicted molar refractivity (Wildman–Crippen MR) is 41.7 cm³/mol. The maximum Gasteiger partial charge on any atom is 0.420 e. The van der Waals surface area contributed by atoms with E-state index in [2.05, 4.69) is 20.9 Å². The molecule has 0 saturated carbocycles. The Bertz CT molecular complexity index is 367. The number of nitriles is 1. The maximum atomic E-state index is 12.3. The van der Waals surface area contributed by atoms with Gasteiger partial charge in [-0.2, -0.15) is 18.4 Å². The summed E-state index contributed by atoms with van der Waals surface area (Å²) < 4.78 is 36.7. The zero-order valence-corrected chi connectivity index (χ0v) is 7.65. The standard InChI is InChI=1S/C7H2BrF3N2/c8-4-1-2-13-5(3-12)6(4)7(9,10)11/h1-2H. The molecule has 13 heavy (non-hydrogen) atoms. The Kier molecular flexibility index (Phi) is 2.57. The van der Waals surface area contributed by atoms with Crippen LogP contribution in [0.15, 0.2) is 16.7 Å². The van der Waals surface area contributed by atoms with Crippen molar-refractivity contribution in [2.24, 2.45) is 0 Å². The van der Waals surface area contributed by atoms with Crippen molar-refractivity contribution in [1.82, 2.24) is 4.98 Å². The molecule has 0 radical (unpaired) electrons. The average molecular weight is 251 g/mol. The molecule has 1 aromatic rings. The summed E-state index contributed by atoms with van der Waals surface area (Å²) in [6, 6.07) is 2.52. The third-order valence-electron chi connectivity index (χ3n) is 1.29. The lowest BCUT2D eigenvalue weighted by Crippen LogP contribution is -2.10. The number of pyridine rings is 1. The fourth-order valence-electron chi connectivity index (χ4n) is 0.793. The van der Waals surface area contributed by atoms with E-state index in [1.807, 2.05) is 0 Å². The minimum Gasteiger partial charge on any atom is -0.245 e. The Morgan fingerprint density at radius 2 is 2.08 bits per heavy atom. The molecule has 1 heterocycles. The van der Waals surface area contributed by atoms with E-state index in [0.717, 1.165) is 12.3 Å². The van der Waals surface area contributed by atoms with Gasteiger partial charge in [-0.3, -0.25) is 0 Å². The van der Waals surface area contributed by atoms with Crippen LogP contribution in [0.25, 0.3) is 0 Å². The Morgan fingerprint density at radius 1 is 1.46 bits per heavy atom. The molecule has 0 aliphatic rings. The number of halogens is 4. The van der Waals surface area contributed by atoms with Gasteiger partial charge in [0.25, 0.3) is 0 Å². The fraction of sp³-hybridized carbons (Fsp3) is 0.143. The molecule has 1 aromatic heterocycles. The van der Waals surface area contributed by atoms with E-state index < -0.39 is 17.4 Å². The van der Waals surface area contributed by atoms with Crippen LogP contribution in [-0.2, 0) is 6.18 Å². The number of rotatable bonds is 0. The molecule has 0 aliphatic heterocycles. The maximum absolute atomic E-state index is 12.3. The van der Waals surface area contributed by atoms with Gasteiger partial charge in [0.2, 0.25) is 0 Å². The minimum atomic E-state index is -4.56. The van der Waals surface area contributed by atoms with Gasteiger partial charge in [-0.15, -0.1) is 0 Å². The average Bonchev–Trinajstić information content (AvgIpc) is 2.01. The molecule has 0 amide bonds. The summed E-state index contributed by atoms with van der Waals surface area (Å²) in [5.41, 5.74) is -1.65. The molecule has 1 rings (SSSR count). The Balaban J connectivity index is 3.43. The summed E-state index contributed by atoms with van der Waals surface area (Å²) in [5, 5.41) is 8.37. The van der Waals surface area contributed by atoms with E-state index >= 15 is 0 Å². The van der Waals surface area contributed by atoms with Crippen molar-refractivity contribution in [3.8, 4) is 6.07 Å². The van der Waals surface area contributed by atoms with Gasteiger partial charge >= 0.3 is 6.18 Å². The van der Waals surface area contributed by atoms with Crippen molar-refractivity contribution in [3.63, 3.8) is 0 Å². The van der Waals surface area contributed by atoms with Crippen LogP contribution in [0.5, 0.6) is 0 Å². The van der Waals surface area contributed by atoms with Crippen molar-refractivity contribution in [3.05, 3.63) is 28.0 Å². The Hall–Kier alpha value is -1.09. The van der Waals surface area contributed by atoms with E-state index in [1.165, 1.54) is 6.07 Å². The largest absolute Gasteiger partial charge is 0.420 e. The van der Waals surface area contributed by atoms with E-state index in [-0.39, 0.29) is 4.47 Å². The van der Waals surface area contributed by atoms with Crippen molar-refractivity contribution < 1.29 is 13.2 Å². The first-order chi connectivity index (χ1) is 5.96. The van der Waals surface area contributed by atoms with Crippen LogP contribution in [0.4, 0.5) is 13.2 Å². The zero-order chi connectivity index (χ0) is 10.1. The zero-order valence-electron chi connectivity index (χ0n) is 6.06. The number of hydrogen-bond acceptors (Lipinski definition) is 2. The molecule has 6 heteroatoms. The van der Waals surface area contributed by atoms with Crippen LogP contribution in [0.2, 0.25) is 0 Å². The van der Waals surface area contributed by atoms with Gasteiger partial charge in [0, 0.05) is 10.7 Å². The summed E-state index contributed by atoms with van der Waals surface area (Å²) in [5.74, 6) is 0. The first-order valence-electron chi connectivity index (χ1n) is 3.08. The van der Waals surface area contributed by atoms with Crippen molar-refractivity contribution in [2.45, 2.75) is 6.18 Å². The normalized spacial score (nSPS) is 11.0. The quantitative estimate of drug-likeness (QED) is 0.710. The van der Waals surface area contributed by atoms with Crippen LogP contribution in [0, 0.1) is 11.3 Å². The Labute approximate surface area is 80.1 Å². The molecule has 68 valence electrons. The van der Waals surface area contributed by atoms with E-state index in [4.69, 9.17) is 5.26 Å². The van der Waals surface area contributed by atoms with Gasteiger partial charge in [0.05, 0.1) is 0 Å². The second-order valence-corrected chi connectivity index (χ2v) is 2.98. The summed E-state index contributed by atoms with van der Waals surface area (Å²) in [6.07, 6.45) is -3.42. The lowest BCUT2D eigenvalue weighted by molar-refractivity contribution is -0.138. The molecule has 0 fully saturated rings. The summed E-state index contributed by atoms with van der Waals surface area (Å²) in [6.45, 7) is 0. The van der Waals surface area contributed by atoms with E-state index in [9.17, 15) is 13.2 Å². The van der Waals surface area contributed by atoms with Crippen LogP contribution < -0.4 is 0 Å². The summed E-state index contributed by atoms with van der Waals surface area (Å²) in [7, 11) is 0. The SMILES string of the molecule is N#Cc1nccc(Br)c1C(F)(F)F. The first-order valence-corrected chi connectivity index (χ1v) is 3.88. The molecule has 2 nitrogen and oxygen atoms in total. The highest BCUT2D eigenvalue weighted by atomic mass is 79.9. The van der Waals surface area contributed by atoms with Gasteiger partial charge in [0.1, 0.15) is 11.6 Å². The highest BCUT2D eigenvalue weighted by Crippen LogP contribution is 2.35. The van der Waals surface area contributed by atoms with Gasteiger partial charge in [-0.1, -0.05) is 15.9 Å². The molecule has 0 bridgehead atoms.